The predicted molar refractivity (Wildman–Crippen MR) is 103 cm³/mol. The molecule has 27 heavy (non-hydrogen) atoms. The number of imidazole rings is 1. The van der Waals surface area contributed by atoms with Gasteiger partial charge >= 0.3 is 0 Å². The molecule has 138 valence electrons. The van der Waals surface area contributed by atoms with Gasteiger partial charge in [-0.15, -0.1) is 0 Å². The zero-order valence-electron chi connectivity index (χ0n) is 15.5. The molecule has 3 heterocycles. The molecule has 3 aromatic rings. The molecule has 1 N–H and O–H groups in total. The molecular weight excluding hydrogens is 340 g/mol. The Labute approximate surface area is 157 Å². The Hall–Kier alpha value is -2.80. The SMILES string of the molecule is CN1CC2(CC(C(=O)Nc3ncc4ccc(-c5cncn5C)cc4n3)C2)C1. The molecule has 1 aliphatic carbocycles. The summed E-state index contributed by atoms with van der Waals surface area (Å²) in [6, 6.07) is 6.03. The lowest BCUT2D eigenvalue weighted by molar-refractivity contribution is -0.137. The van der Waals surface area contributed by atoms with E-state index in [9.17, 15) is 4.79 Å². The lowest BCUT2D eigenvalue weighted by atomic mass is 9.57. The van der Waals surface area contributed by atoms with E-state index in [-0.39, 0.29) is 11.8 Å². The highest BCUT2D eigenvalue weighted by molar-refractivity contribution is 5.93. The highest BCUT2D eigenvalue weighted by Crippen LogP contribution is 2.51. The quantitative estimate of drug-likeness (QED) is 0.774. The molecule has 7 heteroatoms. The lowest BCUT2D eigenvalue weighted by Gasteiger charge is -2.57. The van der Waals surface area contributed by atoms with Gasteiger partial charge in [0.2, 0.25) is 11.9 Å². The zero-order valence-corrected chi connectivity index (χ0v) is 15.5. The molecule has 0 unspecified atom stereocenters. The van der Waals surface area contributed by atoms with Crippen LogP contribution in [0, 0.1) is 11.3 Å². The summed E-state index contributed by atoms with van der Waals surface area (Å²) in [6.07, 6.45) is 7.31. The minimum Gasteiger partial charge on any atom is -0.334 e. The van der Waals surface area contributed by atoms with Crippen LogP contribution in [0.25, 0.3) is 22.2 Å². The molecule has 2 fully saturated rings. The summed E-state index contributed by atoms with van der Waals surface area (Å²) >= 11 is 0. The number of likely N-dealkylation sites (tertiary alicyclic amines) is 1. The van der Waals surface area contributed by atoms with Gasteiger partial charge in [-0.2, -0.15) is 0 Å². The van der Waals surface area contributed by atoms with Gasteiger partial charge in [0, 0.05) is 43.2 Å². The summed E-state index contributed by atoms with van der Waals surface area (Å²) in [5, 5.41) is 3.85. The number of aromatic nitrogens is 4. The fraction of sp³-hybridized carbons (Fsp3) is 0.400. The van der Waals surface area contributed by atoms with Gasteiger partial charge in [-0.3, -0.25) is 10.1 Å². The summed E-state index contributed by atoms with van der Waals surface area (Å²) in [4.78, 5) is 27.9. The molecule has 1 spiro atoms. The number of anilines is 1. The number of nitrogens with zero attached hydrogens (tertiary/aromatic N) is 5. The van der Waals surface area contributed by atoms with Crippen molar-refractivity contribution in [1.82, 2.24) is 24.4 Å². The van der Waals surface area contributed by atoms with Crippen LogP contribution >= 0.6 is 0 Å². The second-order valence-electron chi connectivity index (χ2n) is 8.12. The zero-order chi connectivity index (χ0) is 18.6. The Balaban J connectivity index is 1.33. The molecule has 0 radical (unpaired) electrons. The smallest absolute Gasteiger partial charge is 0.229 e. The van der Waals surface area contributed by atoms with Crippen molar-refractivity contribution in [2.45, 2.75) is 12.8 Å². The maximum atomic E-state index is 12.5. The number of amides is 1. The maximum absolute atomic E-state index is 12.5. The first-order valence-electron chi connectivity index (χ1n) is 9.24. The van der Waals surface area contributed by atoms with Crippen LogP contribution in [-0.2, 0) is 11.8 Å². The van der Waals surface area contributed by atoms with Gasteiger partial charge in [-0.1, -0.05) is 12.1 Å². The largest absolute Gasteiger partial charge is 0.334 e. The van der Waals surface area contributed by atoms with Crippen molar-refractivity contribution < 1.29 is 4.79 Å². The standard InChI is InChI=1S/C20H22N6O/c1-25-10-20(11-25)6-15(7-20)18(27)24-19-22-8-14-4-3-13(5-16(14)23-19)17-9-21-12-26(17)2/h3-5,8-9,12,15H,6-7,10-11H2,1-2H3,(H,22,23,24,27). The third-order valence-corrected chi connectivity index (χ3v) is 5.87. The highest BCUT2D eigenvalue weighted by Gasteiger charge is 2.53. The first-order valence-corrected chi connectivity index (χ1v) is 9.24. The number of rotatable bonds is 3. The molecule has 1 saturated carbocycles. The average Bonchev–Trinajstić information content (AvgIpc) is 3.02. The van der Waals surface area contributed by atoms with E-state index in [4.69, 9.17) is 0 Å². The highest BCUT2D eigenvalue weighted by atomic mass is 16.2. The fourth-order valence-corrected chi connectivity index (χ4v) is 4.62. The Morgan fingerprint density at radius 3 is 2.74 bits per heavy atom. The van der Waals surface area contributed by atoms with E-state index >= 15 is 0 Å². The van der Waals surface area contributed by atoms with Crippen LogP contribution in [0.5, 0.6) is 0 Å². The molecule has 0 bridgehead atoms. The molecule has 7 nitrogen and oxygen atoms in total. The van der Waals surface area contributed by atoms with Crippen LogP contribution in [0.15, 0.2) is 36.9 Å². The summed E-state index contributed by atoms with van der Waals surface area (Å²) in [6.45, 7) is 2.22. The van der Waals surface area contributed by atoms with Crippen molar-refractivity contribution in [3.05, 3.63) is 36.9 Å². The molecule has 1 amide bonds. The van der Waals surface area contributed by atoms with Gasteiger partial charge in [0.05, 0.1) is 23.7 Å². The van der Waals surface area contributed by atoms with E-state index in [0.29, 0.717) is 11.4 Å². The van der Waals surface area contributed by atoms with Gasteiger partial charge in [0.25, 0.3) is 0 Å². The number of nitrogens with one attached hydrogen (secondary N) is 1. The average molecular weight is 362 g/mol. The van der Waals surface area contributed by atoms with Gasteiger partial charge in [-0.05, 0) is 31.4 Å². The molecule has 1 saturated heterocycles. The molecule has 1 aliphatic heterocycles. The minimum atomic E-state index is 0.0392. The first-order chi connectivity index (χ1) is 13.0. The van der Waals surface area contributed by atoms with Crippen LogP contribution in [-0.4, -0.2) is 50.5 Å². The summed E-state index contributed by atoms with van der Waals surface area (Å²) < 4.78 is 1.97. The van der Waals surface area contributed by atoms with Crippen molar-refractivity contribution in [1.29, 1.82) is 0 Å². The summed E-state index contributed by atoms with van der Waals surface area (Å²) in [5.74, 6) is 0.498. The summed E-state index contributed by atoms with van der Waals surface area (Å²) in [5.41, 5.74) is 3.25. The van der Waals surface area contributed by atoms with Crippen LogP contribution in [0.1, 0.15) is 12.8 Å². The van der Waals surface area contributed by atoms with Crippen molar-refractivity contribution >= 4 is 22.8 Å². The Kier molecular flexibility index (Phi) is 3.55. The summed E-state index contributed by atoms with van der Waals surface area (Å²) in [7, 11) is 4.09. The van der Waals surface area contributed by atoms with Crippen LogP contribution in [0.2, 0.25) is 0 Å². The van der Waals surface area contributed by atoms with Crippen molar-refractivity contribution in [3.8, 4) is 11.3 Å². The van der Waals surface area contributed by atoms with Crippen molar-refractivity contribution in [3.63, 3.8) is 0 Å². The van der Waals surface area contributed by atoms with Gasteiger partial charge in [0.15, 0.2) is 0 Å². The number of benzene rings is 1. The Bertz CT molecular complexity index is 1030. The van der Waals surface area contributed by atoms with Crippen LogP contribution in [0.3, 0.4) is 0 Å². The fourth-order valence-electron chi connectivity index (χ4n) is 4.62. The lowest BCUT2D eigenvalue weighted by Crippen LogP contribution is -2.62. The molecule has 2 aliphatic rings. The number of fused-ring (bicyclic) bond motifs is 1. The van der Waals surface area contributed by atoms with Crippen molar-refractivity contribution in [2.24, 2.45) is 18.4 Å². The third kappa shape index (κ3) is 2.78. The number of hydrogen-bond acceptors (Lipinski definition) is 5. The molecule has 2 aromatic heterocycles. The van der Waals surface area contributed by atoms with E-state index in [2.05, 4.69) is 32.2 Å². The number of carbonyl (C=O) groups excluding carboxylic acids is 1. The first kappa shape index (κ1) is 16.4. The number of aryl methyl sites for hydroxylation is 1. The van der Waals surface area contributed by atoms with E-state index in [1.165, 1.54) is 0 Å². The van der Waals surface area contributed by atoms with Crippen molar-refractivity contribution in [2.75, 3.05) is 25.5 Å². The van der Waals surface area contributed by atoms with Crippen LogP contribution < -0.4 is 5.32 Å². The van der Waals surface area contributed by atoms with Gasteiger partial charge < -0.3 is 9.47 Å². The molecular formula is C20H22N6O. The number of carbonyl (C=O) groups is 1. The molecule has 5 rings (SSSR count). The normalized spacial score (nSPS) is 19.0. The minimum absolute atomic E-state index is 0.0392. The molecule has 1 aromatic carbocycles. The second-order valence-corrected chi connectivity index (χ2v) is 8.12. The maximum Gasteiger partial charge on any atom is 0.229 e. The Morgan fingerprint density at radius 1 is 1.22 bits per heavy atom. The predicted octanol–water partition coefficient (Wildman–Crippen LogP) is 2.31. The van der Waals surface area contributed by atoms with Crippen LogP contribution in [0.4, 0.5) is 5.95 Å². The molecule has 0 atom stereocenters. The van der Waals surface area contributed by atoms with E-state index in [0.717, 1.165) is 48.1 Å². The topological polar surface area (TPSA) is 75.9 Å². The third-order valence-electron chi connectivity index (χ3n) is 5.87. The Morgan fingerprint density at radius 2 is 2.04 bits per heavy atom. The van der Waals surface area contributed by atoms with Gasteiger partial charge in [0.1, 0.15) is 0 Å². The second kappa shape index (κ2) is 5.85. The van der Waals surface area contributed by atoms with Gasteiger partial charge in [-0.25, -0.2) is 15.0 Å². The van der Waals surface area contributed by atoms with E-state index in [1.54, 1.807) is 12.5 Å². The van der Waals surface area contributed by atoms with E-state index in [1.807, 2.05) is 36.0 Å². The monoisotopic (exact) mass is 362 g/mol. The number of hydrogen-bond donors (Lipinski definition) is 1. The van der Waals surface area contributed by atoms with E-state index < -0.39 is 0 Å².